The fourth-order valence-electron chi connectivity index (χ4n) is 1.25. The lowest BCUT2D eigenvalue weighted by Gasteiger charge is -2.24. The molecule has 0 bridgehead atoms. The molecule has 0 radical (unpaired) electrons. The van der Waals surface area contributed by atoms with Gasteiger partial charge in [-0.1, -0.05) is 11.6 Å². The van der Waals surface area contributed by atoms with Crippen LogP contribution >= 0.6 is 11.6 Å². The number of halogens is 1. The maximum Gasteiger partial charge on any atom is 0.172 e. The van der Waals surface area contributed by atoms with Crippen LogP contribution in [0.1, 0.15) is 6.92 Å². The van der Waals surface area contributed by atoms with Crippen LogP contribution in [0.4, 0.5) is 5.82 Å². The minimum absolute atomic E-state index is 0.413. The van der Waals surface area contributed by atoms with Crippen molar-refractivity contribution >= 4 is 23.6 Å². The van der Waals surface area contributed by atoms with Crippen LogP contribution in [-0.2, 0) is 0 Å². The number of aliphatic imine (C=N–C) groups is 1. The van der Waals surface area contributed by atoms with Gasteiger partial charge in [0.15, 0.2) is 11.0 Å². The topological polar surface area (TPSA) is 41.4 Å². The highest BCUT2D eigenvalue weighted by atomic mass is 35.5. The zero-order chi connectivity index (χ0) is 9.97. The number of nitrogens with zero attached hydrogens (tertiary/aromatic N) is 4. The maximum atomic E-state index is 5.94. The van der Waals surface area contributed by atoms with Gasteiger partial charge in [0, 0.05) is 30.5 Å². The number of rotatable bonds is 1. The van der Waals surface area contributed by atoms with E-state index in [1.807, 2.05) is 11.8 Å². The largest absolute Gasteiger partial charge is 0.321 e. The molecule has 0 aliphatic carbocycles. The summed E-state index contributed by atoms with van der Waals surface area (Å²) in [4.78, 5) is 14.2. The number of aromatic nitrogens is 2. The van der Waals surface area contributed by atoms with Crippen LogP contribution in [0.2, 0.25) is 5.15 Å². The third-order valence-electron chi connectivity index (χ3n) is 1.95. The third kappa shape index (κ3) is 1.61. The van der Waals surface area contributed by atoms with Crippen LogP contribution < -0.4 is 4.90 Å². The quantitative estimate of drug-likeness (QED) is 0.708. The molecular formula is C9H9ClN4. The van der Waals surface area contributed by atoms with Crippen molar-refractivity contribution in [3.8, 4) is 0 Å². The molecule has 0 unspecified atom stereocenters. The van der Waals surface area contributed by atoms with Gasteiger partial charge < -0.3 is 4.90 Å². The highest BCUT2D eigenvalue weighted by Gasteiger charge is 2.14. The lowest BCUT2D eigenvalue weighted by atomic mass is 10.3. The predicted octanol–water partition coefficient (Wildman–Crippen LogP) is 1.88. The molecule has 72 valence electrons. The molecule has 0 saturated carbocycles. The van der Waals surface area contributed by atoms with E-state index in [1.165, 1.54) is 0 Å². The lowest BCUT2D eigenvalue weighted by Crippen LogP contribution is -2.26. The zero-order valence-corrected chi connectivity index (χ0v) is 8.44. The number of hydrogen-bond acceptors (Lipinski definition) is 4. The Kier molecular flexibility index (Phi) is 2.45. The van der Waals surface area contributed by atoms with E-state index >= 15 is 0 Å². The molecule has 4 nitrogen and oxygen atoms in total. The van der Waals surface area contributed by atoms with Gasteiger partial charge in [-0.05, 0) is 6.92 Å². The number of anilines is 1. The first-order valence-electron chi connectivity index (χ1n) is 4.21. The van der Waals surface area contributed by atoms with E-state index in [4.69, 9.17) is 11.6 Å². The second-order valence-corrected chi connectivity index (χ2v) is 3.24. The van der Waals surface area contributed by atoms with E-state index in [2.05, 4.69) is 15.0 Å². The monoisotopic (exact) mass is 208 g/mol. The molecule has 0 amide bonds. The molecule has 2 rings (SSSR count). The second-order valence-electron chi connectivity index (χ2n) is 2.88. The maximum absolute atomic E-state index is 5.94. The molecule has 2 heterocycles. The van der Waals surface area contributed by atoms with Gasteiger partial charge in [0.2, 0.25) is 0 Å². The van der Waals surface area contributed by atoms with Gasteiger partial charge in [0.05, 0.1) is 6.54 Å². The van der Waals surface area contributed by atoms with E-state index in [0.29, 0.717) is 17.5 Å². The summed E-state index contributed by atoms with van der Waals surface area (Å²) >= 11 is 5.94. The first kappa shape index (κ1) is 9.15. The number of hydrogen-bond donors (Lipinski definition) is 0. The van der Waals surface area contributed by atoms with Gasteiger partial charge in [0.25, 0.3) is 0 Å². The van der Waals surface area contributed by atoms with E-state index in [-0.39, 0.29) is 0 Å². The van der Waals surface area contributed by atoms with Gasteiger partial charge in [0.1, 0.15) is 0 Å². The Bertz CT molecular complexity index is 400. The van der Waals surface area contributed by atoms with Crippen molar-refractivity contribution in [2.24, 2.45) is 4.99 Å². The molecule has 5 heteroatoms. The molecule has 0 spiro atoms. The molecule has 1 aliphatic heterocycles. The molecule has 1 aliphatic rings. The van der Waals surface area contributed by atoms with Crippen LogP contribution in [0.25, 0.3) is 0 Å². The molecule has 14 heavy (non-hydrogen) atoms. The van der Waals surface area contributed by atoms with Crippen LogP contribution in [0, 0.1) is 0 Å². The third-order valence-corrected chi connectivity index (χ3v) is 2.21. The molecule has 0 fully saturated rings. The van der Waals surface area contributed by atoms with Gasteiger partial charge in [-0.2, -0.15) is 0 Å². The van der Waals surface area contributed by atoms with Crippen molar-refractivity contribution in [2.75, 3.05) is 11.4 Å². The van der Waals surface area contributed by atoms with Crippen molar-refractivity contribution in [2.45, 2.75) is 6.92 Å². The SMILES string of the molecule is CC1=CN=CCN1c1nccnc1Cl. The summed E-state index contributed by atoms with van der Waals surface area (Å²) in [5, 5.41) is 0.413. The Morgan fingerprint density at radius 2 is 2.14 bits per heavy atom. The highest BCUT2D eigenvalue weighted by molar-refractivity contribution is 6.31. The molecule has 1 aromatic heterocycles. The fraction of sp³-hybridized carbons (Fsp3) is 0.222. The minimum atomic E-state index is 0.413. The van der Waals surface area contributed by atoms with Gasteiger partial charge in [-0.25, -0.2) is 9.97 Å². The van der Waals surface area contributed by atoms with Crippen LogP contribution in [0.3, 0.4) is 0 Å². The summed E-state index contributed by atoms with van der Waals surface area (Å²) in [7, 11) is 0. The van der Waals surface area contributed by atoms with Crippen LogP contribution in [0.5, 0.6) is 0 Å². The zero-order valence-electron chi connectivity index (χ0n) is 7.68. The van der Waals surface area contributed by atoms with Crippen molar-refractivity contribution < 1.29 is 0 Å². The van der Waals surface area contributed by atoms with Crippen LogP contribution in [-0.4, -0.2) is 22.7 Å². The van der Waals surface area contributed by atoms with Crippen LogP contribution in [0.15, 0.2) is 29.3 Å². The van der Waals surface area contributed by atoms with E-state index in [0.717, 1.165) is 5.70 Å². The number of allylic oxidation sites excluding steroid dienone is 1. The first-order chi connectivity index (χ1) is 6.79. The van der Waals surface area contributed by atoms with Crippen molar-refractivity contribution in [3.05, 3.63) is 29.4 Å². The normalized spacial score (nSPS) is 15.6. The Morgan fingerprint density at radius 3 is 2.86 bits per heavy atom. The molecule has 0 aromatic carbocycles. The van der Waals surface area contributed by atoms with Gasteiger partial charge in [-0.3, -0.25) is 4.99 Å². The summed E-state index contributed by atoms with van der Waals surface area (Å²) in [6.07, 6.45) is 6.77. The Morgan fingerprint density at radius 1 is 1.36 bits per heavy atom. The molecule has 0 N–H and O–H groups in total. The van der Waals surface area contributed by atoms with Crippen molar-refractivity contribution in [1.82, 2.24) is 9.97 Å². The average molecular weight is 209 g/mol. The molecule has 0 atom stereocenters. The second kappa shape index (κ2) is 3.75. The standard InChI is InChI=1S/C9H9ClN4/c1-7-6-11-4-5-14(7)9-8(10)12-2-3-13-9/h2-4,6H,5H2,1H3. The summed E-state index contributed by atoms with van der Waals surface area (Å²) in [5.41, 5.74) is 1.01. The Labute approximate surface area is 87.0 Å². The molecular weight excluding hydrogens is 200 g/mol. The highest BCUT2D eigenvalue weighted by Crippen LogP contribution is 2.23. The van der Waals surface area contributed by atoms with Crippen molar-refractivity contribution in [1.29, 1.82) is 0 Å². The molecule has 1 aromatic rings. The minimum Gasteiger partial charge on any atom is -0.321 e. The predicted molar refractivity (Wildman–Crippen MR) is 56.6 cm³/mol. The fourth-order valence-corrected chi connectivity index (χ4v) is 1.46. The summed E-state index contributed by atoms with van der Waals surface area (Å²) in [6, 6.07) is 0. The van der Waals surface area contributed by atoms with Crippen molar-refractivity contribution in [3.63, 3.8) is 0 Å². The van der Waals surface area contributed by atoms with Gasteiger partial charge >= 0.3 is 0 Å². The summed E-state index contributed by atoms with van der Waals surface area (Å²) in [5.74, 6) is 0.675. The lowest BCUT2D eigenvalue weighted by molar-refractivity contribution is 0.965. The summed E-state index contributed by atoms with van der Waals surface area (Å²) in [6.45, 7) is 2.64. The van der Waals surface area contributed by atoms with Gasteiger partial charge in [-0.15, -0.1) is 0 Å². The Hall–Kier alpha value is -1.42. The molecule has 0 saturated heterocycles. The van der Waals surface area contributed by atoms with E-state index in [9.17, 15) is 0 Å². The smallest absolute Gasteiger partial charge is 0.172 e. The Balaban J connectivity index is 2.37. The van der Waals surface area contributed by atoms with E-state index in [1.54, 1.807) is 24.8 Å². The van der Waals surface area contributed by atoms with E-state index < -0.39 is 0 Å². The summed E-state index contributed by atoms with van der Waals surface area (Å²) < 4.78 is 0. The first-order valence-corrected chi connectivity index (χ1v) is 4.59. The average Bonchev–Trinajstić information content (AvgIpc) is 2.20.